The van der Waals surface area contributed by atoms with Crippen LogP contribution >= 0.6 is 0 Å². The molecule has 2 aliphatic rings. The van der Waals surface area contributed by atoms with Gasteiger partial charge in [0.2, 0.25) is 11.8 Å². The van der Waals surface area contributed by atoms with Crippen LogP contribution in [0.1, 0.15) is 48.8 Å². The molecule has 7 nitrogen and oxygen atoms in total. The van der Waals surface area contributed by atoms with Crippen LogP contribution in [0, 0.1) is 30.4 Å². The molecule has 2 aromatic rings. The summed E-state index contributed by atoms with van der Waals surface area (Å²) < 4.78 is 32.6. The molecule has 160 valence electrons. The van der Waals surface area contributed by atoms with Gasteiger partial charge in [0, 0.05) is 31.1 Å². The fourth-order valence-electron chi connectivity index (χ4n) is 4.78. The number of nitrogens with one attached hydrogen (secondary N) is 1. The van der Waals surface area contributed by atoms with E-state index in [1.54, 1.807) is 6.92 Å². The number of likely N-dealkylation sites (tertiary alicyclic amines) is 1. The van der Waals surface area contributed by atoms with Gasteiger partial charge in [-0.25, -0.2) is 8.78 Å². The van der Waals surface area contributed by atoms with Crippen LogP contribution in [0.15, 0.2) is 22.7 Å². The number of hydrogen-bond acceptors (Lipinski definition) is 5. The molecule has 0 bridgehead atoms. The van der Waals surface area contributed by atoms with E-state index in [4.69, 9.17) is 4.52 Å². The van der Waals surface area contributed by atoms with E-state index in [0.29, 0.717) is 43.7 Å². The standard InChI is InChI=1S/C21H24F2N4O3/c1-11(2)19(29)27-9-13-6-15(8-21(13,10-27)20-24-12(3)26-30-20)25-18(28)16-5-4-14(22)7-17(16)23/h4-5,7,11,13,15H,6,8-10H2,1-3H3,(H,25,28)/t13-,15+,21-/m0/s1. The molecule has 2 amide bonds. The Morgan fingerprint density at radius 2 is 2.10 bits per heavy atom. The Morgan fingerprint density at radius 3 is 2.73 bits per heavy atom. The first-order valence-electron chi connectivity index (χ1n) is 10.0. The van der Waals surface area contributed by atoms with E-state index in [-0.39, 0.29) is 29.3 Å². The Balaban J connectivity index is 1.56. The second kappa shape index (κ2) is 7.45. The lowest BCUT2D eigenvalue weighted by atomic mass is 9.80. The van der Waals surface area contributed by atoms with Crippen LogP contribution in [0.4, 0.5) is 8.78 Å². The van der Waals surface area contributed by atoms with Gasteiger partial charge in [0.05, 0.1) is 11.0 Å². The summed E-state index contributed by atoms with van der Waals surface area (Å²) in [6.07, 6.45) is 1.09. The molecule has 4 rings (SSSR count). The average molecular weight is 418 g/mol. The van der Waals surface area contributed by atoms with Crippen molar-refractivity contribution >= 4 is 11.8 Å². The summed E-state index contributed by atoms with van der Waals surface area (Å²) in [6, 6.07) is 2.63. The summed E-state index contributed by atoms with van der Waals surface area (Å²) in [4.78, 5) is 31.4. The second-order valence-corrected chi connectivity index (χ2v) is 8.61. The number of nitrogens with zero attached hydrogens (tertiary/aromatic N) is 3. The molecule has 30 heavy (non-hydrogen) atoms. The highest BCUT2D eigenvalue weighted by molar-refractivity contribution is 5.94. The SMILES string of the molecule is Cc1noc([C@]23C[C@H](NC(=O)c4ccc(F)cc4F)C[C@H]2CN(C(=O)C(C)C)C3)n1. The zero-order valence-corrected chi connectivity index (χ0v) is 17.1. The van der Waals surface area contributed by atoms with Gasteiger partial charge in [-0.3, -0.25) is 9.59 Å². The third kappa shape index (κ3) is 3.46. The molecular weight excluding hydrogens is 394 g/mol. The molecular formula is C21H24F2N4O3. The van der Waals surface area contributed by atoms with Crippen LogP contribution in [0.2, 0.25) is 0 Å². The number of amides is 2. The molecule has 1 aromatic heterocycles. The lowest BCUT2D eigenvalue weighted by Gasteiger charge is -2.26. The molecule has 3 atom stereocenters. The molecule has 9 heteroatoms. The summed E-state index contributed by atoms with van der Waals surface area (Å²) in [5.74, 6) is -1.28. The number of fused-ring (bicyclic) bond motifs is 1. The smallest absolute Gasteiger partial charge is 0.254 e. The number of hydrogen-bond donors (Lipinski definition) is 1. The van der Waals surface area contributed by atoms with Gasteiger partial charge in [0.15, 0.2) is 5.82 Å². The van der Waals surface area contributed by atoms with Gasteiger partial charge in [-0.15, -0.1) is 0 Å². The van der Waals surface area contributed by atoms with Crippen molar-refractivity contribution in [1.82, 2.24) is 20.4 Å². The first kappa shape index (κ1) is 20.4. The minimum Gasteiger partial charge on any atom is -0.349 e. The molecule has 1 N–H and O–H groups in total. The normalized spacial score (nSPS) is 25.6. The number of carbonyl (C=O) groups is 2. The van der Waals surface area contributed by atoms with Gasteiger partial charge in [-0.05, 0) is 37.8 Å². The minimum atomic E-state index is -0.901. The van der Waals surface area contributed by atoms with E-state index in [2.05, 4.69) is 15.5 Å². The van der Waals surface area contributed by atoms with Crippen molar-refractivity contribution in [2.24, 2.45) is 11.8 Å². The van der Waals surface area contributed by atoms with Crippen molar-refractivity contribution < 1.29 is 22.9 Å². The van der Waals surface area contributed by atoms with E-state index in [0.717, 1.165) is 12.1 Å². The zero-order valence-electron chi connectivity index (χ0n) is 17.1. The number of rotatable bonds is 4. The van der Waals surface area contributed by atoms with E-state index in [1.165, 1.54) is 0 Å². The second-order valence-electron chi connectivity index (χ2n) is 8.61. The minimum absolute atomic E-state index is 0.0309. The van der Waals surface area contributed by atoms with Gasteiger partial charge < -0.3 is 14.7 Å². The Bertz CT molecular complexity index is 992. The fraction of sp³-hybridized carbons (Fsp3) is 0.524. The molecule has 1 aliphatic carbocycles. The molecule has 2 fully saturated rings. The Hall–Kier alpha value is -2.84. The predicted octanol–water partition coefficient (Wildman–Crippen LogP) is 2.60. The van der Waals surface area contributed by atoms with E-state index in [9.17, 15) is 18.4 Å². The van der Waals surface area contributed by atoms with Crippen LogP contribution in [0.5, 0.6) is 0 Å². The van der Waals surface area contributed by atoms with Crippen molar-refractivity contribution in [3.63, 3.8) is 0 Å². The monoisotopic (exact) mass is 418 g/mol. The lowest BCUT2D eigenvalue weighted by molar-refractivity contribution is -0.133. The van der Waals surface area contributed by atoms with Crippen molar-refractivity contribution in [3.8, 4) is 0 Å². The molecule has 1 aromatic carbocycles. The number of aryl methyl sites for hydroxylation is 1. The highest BCUT2D eigenvalue weighted by Gasteiger charge is 2.58. The third-order valence-corrected chi connectivity index (χ3v) is 6.14. The van der Waals surface area contributed by atoms with Crippen molar-refractivity contribution in [2.45, 2.75) is 45.1 Å². The van der Waals surface area contributed by atoms with Gasteiger partial charge in [-0.2, -0.15) is 4.98 Å². The first-order valence-corrected chi connectivity index (χ1v) is 10.0. The predicted molar refractivity (Wildman–Crippen MR) is 102 cm³/mol. The van der Waals surface area contributed by atoms with Crippen molar-refractivity contribution in [3.05, 3.63) is 47.1 Å². The maximum absolute atomic E-state index is 14.0. The molecule has 2 heterocycles. The maximum atomic E-state index is 14.0. The van der Waals surface area contributed by atoms with Crippen LogP contribution in [-0.2, 0) is 10.2 Å². The zero-order chi connectivity index (χ0) is 21.6. The quantitative estimate of drug-likeness (QED) is 0.825. The Morgan fingerprint density at radius 1 is 1.33 bits per heavy atom. The van der Waals surface area contributed by atoms with Gasteiger partial charge >= 0.3 is 0 Å². The highest BCUT2D eigenvalue weighted by atomic mass is 19.1. The number of carbonyl (C=O) groups excluding carboxylic acids is 2. The summed E-state index contributed by atoms with van der Waals surface area (Å²) >= 11 is 0. The third-order valence-electron chi connectivity index (χ3n) is 6.14. The van der Waals surface area contributed by atoms with E-state index >= 15 is 0 Å². The average Bonchev–Trinajstić information content (AvgIpc) is 3.33. The molecule has 0 unspecified atom stereocenters. The maximum Gasteiger partial charge on any atom is 0.254 e. The van der Waals surface area contributed by atoms with Crippen LogP contribution in [0.25, 0.3) is 0 Å². The van der Waals surface area contributed by atoms with Crippen LogP contribution < -0.4 is 5.32 Å². The number of aromatic nitrogens is 2. The number of halogens is 2. The Kier molecular flexibility index (Phi) is 5.07. The van der Waals surface area contributed by atoms with Gasteiger partial charge in [0.25, 0.3) is 5.91 Å². The summed E-state index contributed by atoms with van der Waals surface area (Å²) in [6.45, 7) is 6.43. The summed E-state index contributed by atoms with van der Waals surface area (Å²) in [5.41, 5.74) is -0.752. The van der Waals surface area contributed by atoms with Gasteiger partial charge in [0.1, 0.15) is 11.6 Å². The molecule has 1 saturated heterocycles. The highest BCUT2D eigenvalue weighted by Crippen LogP contribution is 2.50. The first-order chi connectivity index (χ1) is 14.2. The molecule has 1 saturated carbocycles. The van der Waals surface area contributed by atoms with E-state index in [1.807, 2.05) is 18.7 Å². The lowest BCUT2D eigenvalue weighted by Crippen LogP contribution is -2.40. The largest absolute Gasteiger partial charge is 0.349 e. The number of benzene rings is 1. The molecule has 0 spiro atoms. The fourth-order valence-corrected chi connectivity index (χ4v) is 4.78. The van der Waals surface area contributed by atoms with Crippen molar-refractivity contribution in [2.75, 3.05) is 13.1 Å². The van der Waals surface area contributed by atoms with Gasteiger partial charge in [-0.1, -0.05) is 19.0 Å². The van der Waals surface area contributed by atoms with Crippen LogP contribution in [0.3, 0.4) is 0 Å². The Labute approximate surface area is 172 Å². The molecule has 1 aliphatic heterocycles. The summed E-state index contributed by atoms with van der Waals surface area (Å²) in [5, 5.41) is 6.77. The van der Waals surface area contributed by atoms with E-state index < -0.39 is 23.0 Å². The molecule has 0 radical (unpaired) electrons. The van der Waals surface area contributed by atoms with Crippen molar-refractivity contribution in [1.29, 1.82) is 0 Å². The topological polar surface area (TPSA) is 88.3 Å². The summed E-state index contributed by atoms with van der Waals surface area (Å²) in [7, 11) is 0. The van der Waals surface area contributed by atoms with Crippen LogP contribution in [-0.4, -0.2) is 46.0 Å².